The van der Waals surface area contributed by atoms with Crippen molar-refractivity contribution in [2.45, 2.75) is 77.9 Å². The highest BCUT2D eigenvalue weighted by molar-refractivity contribution is 4.84. The molecule has 17 heavy (non-hydrogen) atoms. The monoisotopic (exact) mass is 241 g/mol. The van der Waals surface area contributed by atoms with Gasteiger partial charge in [0.05, 0.1) is 6.10 Å². The van der Waals surface area contributed by atoms with Crippen LogP contribution in [0.1, 0.15) is 65.7 Å². The standard InChI is InChI=1S/C15H31NO/c1-4-14(17-6-3)15(16-5-2)13-11-9-7-8-10-12-13/h13-16H,4-12H2,1-3H3. The lowest BCUT2D eigenvalue weighted by atomic mass is 9.87. The summed E-state index contributed by atoms with van der Waals surface area (Å²) < 4.78 is 5.94. The van der Waals surface area contributed by atoms with Gasteiger partial charge in [0.1, 0.15) is 0 Å². The van der Waals surface area contributed by atoms with Gasteiger partial charge in [-0.05, 0) is 38.6 Å². The summed E-state index contributed by atoms with van der Waals surface area (Å²) in [5.74, 6) is 0.828. The molecular formula is C15H31NO. The Kier molecular flexibility index (Phi) is 7.87. The van der Waals surface area contributed by atoms with E-state index in [1.54, 1.807) is 0 Å². The molecule has 1 aliphatic rings. The van der Waals surface area contributed by atoms with Crippen LogP contribution in [0.25, 0.3) is 0 Å². The second-order valence-corrected chi connectivity index (χ2v) is 5.24. The molecule has 2 heteroatoms. The predicted molar refractivity (Wildman–Crippen MR) is 74.4 cm³/mol. The summed E-state index contributed by atoms with van der Waals surface area (Å²) in [5.41, 5.74) is 0. The number of hydrogen-bond acceptors (Lipinski definition) is 2. The Morgan fingerprint density at radius 3 is 2.18 bits per heavy atom. The molecule has 0 aromatic carbocycles. The Balaban J connectivity index is 2.59. The van der Waals surface area contributed by atoms with Gasteiger partial charge in [-0.2, -0.15) is 0 Å². The summed E-state index contributed by atoms with van der Waals surface area (Å²) in [4.78, 5) is 0. The SMILES string of the molecule is CCNC(C1CCCCCC1)C(CC)OCC. The number of rotatable bonds is 7. The van der Waals surface area contributed by atoms with Crippen LogP contribution < -0.4 is 5.32 Å². The minimum atomic E-state index is 0.406. The van der Waals surface area contributed by atoms with Crippen LogP contribution in [-0.2, 0) is 4.74 Å². The molecule has 1 saturated carbocycles. The van der Waals surface area contributed by atoms with Gasteiger partial charge in [0.2, 0.25) is 0 Å². The average molecular weight is 241 g/mol. The number of ether oxygens (including phenoxy) is 1. The zero-order valence-electron chi connectivity index (χ0n) is 12.0. The summed E-state index contributed by atoms with van der Waals surface area (Å²) in [6.07, 6.45) is 10.00. The first kappa shape index (κ1) is 15.0. The maximum Gasteiger partial charge on any atom is 0.0727 e. The van der Waals surface area contributed by atoms with Crippen LogP contribution in [0.5, 0.6) is 0 Å². The molecule has 1 rings (SSSR count). The van der Waals surface area contributed by atoms with Crippen molar-refractivity contribution in [3.05, 3.63) is 0 Å². The normalized spacial score (nSPS) is 22.1. The molecule has 0 amide bonds. The van der Waals surface area contributed by atoms with Gasteiger partial charge in [-0.15, -0.1) is 0 Å². The smallest absolute Gasteiger partial charge is 0.0727 e. The van der Waals surface area contributed by atoms with Crippen molar-refractivity contribution in [3.63, 3.8) is 0 Å². The molecule has 0 heterocycles. The van der Waals surface area contributed by atoms with Crippen LogP contribution in [-0.4, -0.2) is 25.3 Å². The molecule has 2 atom stereocenters. The van der Waals surface area contributed by atoms with Crippen LogP contribution >= 0.6 is 0 Å². The molecule has 2 nitrogen and oxygen atoms in total. The lowest BCUT2D eigenvalue weighted by Gasteiger charge is -2.33. The van der Waals surface area contributed by atoms with Gasteiger partial charge < -0.3 is 10.1 Å². The quantitative estimate of drug-likeness (QED) is 0.685. The Hall–Kier alpha value is -0.0800. The van der Waals surface area contributed by atoms with Crippen molar-refractivity contribution in [1.82, 2.24) is 5.32 Å². The third kappa shape index (κ3) is 4.97. The molecule has 102 valence electrons. The number of nitrogens with one attached hydrogen (secondary N) is 1. The minimum Gasteiger partial charge on any atom is -0.377 e. The van der Waals surface area contributed by atoms with E-state index in [1.165, 1.54) is 38.5 Å². The van der Waals surface area contributed by atoms with Gasteiger partial charge in [-0.25, -0.2) is 0 Å². The topological polar surface area (TPSA) is 21.3 Å². The fourth-order valence-electron chi connectivity index (χ4n) is 3.20. The fourth-order valence-corrected chi connectivity index (χ4v) is 3.20. The zero-order valence-corrected chi connectivity index (χ0v) is 12.0. The highest BCUT2D eigenvalue weighted by Gasteiger charge is 2.28. The van der Waals surface area contributed by atoms with Crippen LogP contribution in [0.15, 0.2) is 0 Å². The number of hydrogen-bond donors (Lipinski definition) is 1. The molecule has 0 radical (unpaired) electrons. The van der Waals surface area contributed by atoms with E-state index >= 15 is 0 Å². The first-order valence-electron chi connectivity index (χ1n) is 7.68. The summed E-state index contributed by atoms with van der Waals surface area (Å²) in [6.45, 7) is 8.47. The van der Waals surface area contributed by atoms with Crippen LogP contribution in [0, 0.1) is 5.92 Å². The van der Waals surface area contributed by atoms with E-state index < -0.39 is 0 Å². The van der Waals surface area contributed by atoms with E-state index in [9.17, 15) is 0 Å². The summed E-state index contributed by atoms with van der Waals surface area (Å²) >= 11 is 0. The summed E-state index contributed by atoms with van der Waals surface area (Å²) in [6, 6.07) is 0.572. The fraction of sp³-hybridized carbons (Fsp3) is 1.00. The van der Waals surface area contributed by atoms with Crippen molar-refractivity contribution in [1.29, 1.82) is 0 Å². The van der Waals surface area contributed by atoms with Gasteiger partial charge in [0.25, 0.3) is 0 Å². The first-order chi connectivity index (χ1) is 8.33. The van der Waals surface area contributed by atoms with E-state index in [-0.39, 0.29) is 0 Å². The minimum absolute atomic E-state index is 0.406. The average Bonchev–Trinajstić information content (AvgIpc) is 2.62. The third-order valence-electron chi connectivity index (χ3n) is 4.03. The maximum absolute atomic E-state index is 5.94. The maximum atomic E-state index is 5.94. The summed E-state index contributed by atoms with van der Waals surface area (Å²) in [5, 5.41) is 3.69. The highest BCUT2D eigenvalue weighted by Crippen LogP contribution is 2.28. The molecule has 0 bridgehead atoms. The van der Waals surface area contributed by atoms with Crippen LogP contribution in [0.2, 0.25) is 0 Å². The van der Waals surface area contributed by atoms with Gasteiger partial charge in [0, 0.05) is 12.6 Å². The molecule has 0 aromatic rings. The van der Waals surface area contributed by atoms with Gasteiger partial charge >= 0.3 is 0 Å². The van der Waals surface area contributed by atoms with Crippen molar-refractivity contribution < 1.29 is 4.74 Å². The first-order valence-corrected chi connectivity index (χ1v) is 7.68. The van der Waals surface area contributed by atoms with Gasteiger partial charge in [-0.3, -0.25) is 0 Å². The lowest BCUT2D eigenvalue weighted by Crippen LogP contribution is -2.46. The van der Waals surface area contributed by atoms with E-state index in [2.05, 4.69) is 26.1 Å². The Morgan fingerprint density at radius 2 is 1.71 bits per heavy atom. The van der Waals surface area contributed by atoms with E-state index in [0.717, 1.165) is 25.5 Å². The predicted octanol–water partition coefficient (Wildman–Crippen LogP) is 3.75. The van der Waals surface area contributed by atoms with Gasteiger partial charge in [0.15, 0.2) is 0 Å². The Morgan fingerprint density at radius 1 is 1.06 bits per heavy atom. The lowest BCUT2D eigenvalue weighted by molar-refractivity contribution is 0.0131. The molecule has 1 N–H and O–H groups in total. The van der Waals surface area contributed by atoms with Crippen LogP contribution in [0.3, 0.4) is 0 Å². The van der Waals surface area contributed by atoms with E-state index in [0.29, 0.717) is 12.1 Å². The largest absolute Gasteiger partial charge is 0.377 e. The van der Waals surface area contributed by atoms with Crippen LogP contribution in [0.4, 0.5) is 0 Å². The Labute approximate surface area is 108 Å². The molecule has 0 spiro atoms. The second-order valence-electron chi connectivity index (χ2n) is 5.24. The van der Waals surface area contributed by atoms with E-state index in [4.69, 9.17) is 4.74 Å². The van der Waals surface area contributed by atoms with Crippen molar-refractivity contribution in [2.24, 2.45) is 5.92 Å². The van der Waals surface area contributed by atoms with Crippen molar-refractivity contribution in [3.8, 4) is 0 Å². The molecule has 0 aromatic heterocycles. The Bertz CT molecular complexity index is 176. The number of likely N-dealkylation sites (N-methyl/N-ethyl adjacent to an activating group) is 1. The van der Waals surface area contributed by atoms with Crippen molar-refractivity contribution >= 4 is 0 Å². The molecule has 2 unspecified atom stereocenters. The van der Waals surface area contributed by atoms with Crippen molar-refractivity contribution in [2.75, 3.05) is 13.2 Å². The molecule has 0 saturated heterocycles. The third-order valence-corrected chi connectivity index (χ3v) is 4.03. The van der Waals surface area contributed by atoms with E-state index in [1.807, 2.05) is 0 Å². The molecule has 1 fully saturated rings. The molecule has 0 aliphatic heterocycles. The molecular weight excluding hydrogens is 210 g/mol. The molecule has 1 aliphatic carbocycles. The summed E-state index contributed by atoms with van der Waals surface area (Å²) in [7, 11) is 0. The zero-order chi connectivity index (χ0) is 12.5. The second kappa shape index (κ2) is 8.93. The highest BCUT2D eigenvalue weighted by atomic mass is 16.5. The van der Waals surface area contributed by atoms with Gasteiger partial charge in [-0.1, -0.05) is 39.5 Å².